The average molecular weight is 347 g/mol. The van der Waals surface area contributed by atoms with Gasteiger partial charge in [0, 0.05) is 18.9 Å². The molecule has 3 atom stereocenters. The number of aliphatic hydroxyl groups excluding tert-OH is 2. The number of hydrogen-bond acceptors (Lipinski definition) is 4. The zero-order valence-corrected chi connectivity index (χ0v) is 14.7. The summed E-state index contributed by atoms with van der Waals surface area (Å²) in [5, 5.41) is 22.7. The first-order valence-corrected chi connectivity index (χ1v) is 9.49. The Morgan fingerprint density at radius 3 is 2.84 bits per heavy atom. The molecule has 0 radical (unpaired) electrons. The highest BCUT2D eigenvalue weighted by Gasteiger charge is 2.46. The fraction of sp³-hybridized carbons (Fsp3) is 0.650. The quantitative estimate of drug-likeness (QED) is 0.632. The van der Waals surface area contributed by atoms with E-state index in [0.717, 1.165) is 36.9 Å². The number of para-hydroxylation sites is 1. The molecule has 1 aromatic carbocycles. The number of fused-ring (bicyclic) bond motifs is 1. The molecule has 0 saturated carbocycles. The van der Waals surface area contributed by atoms with E-state index >= 15 is 0 Å². The van der Waals surface area contributed by atoms with Gasteiger partial charge in [-0.3, -0.25) is 4.79 Å². The van der Waals surface area contributed by atoms with E-state index in [-0.39, 0.29) is 18.6 Å². The van der Waals surface area contributed by atoms with Crippen LogP contribution in [0, 0.1) is 0 Å². The van der Waals surface area contributed by atoms with Crippen molar-refractivity contribution in [2.24, 2.45) is 0 Å². The number of hydrogen-bond donors (Lipinski definition) is 3. The lowest BCUT2D eigenvalue weighted by atomic mass is 9.73. The smallest absolute Gasteiger partial charge is 0.235 e. The fourth-order valence-electron chi connectivity index (χ4n) is 4.18. The molecule has 1 amide bonds. The van der Waals surface area contributed by atoms with Crippen LogP contribution in [0.1, 0.15) is 56.9 Å². The maximum Gasteiger partial charge on any atom is 0.235 e. The van der Waals surface area contributed by atoms with E-state index in [2.05, 4.69) is 5.32 Å². The van der Waals surface area contributed by atoms with Gasteiger partial charge in [-0.25, -0.2) is 0 Å². The molecule has 25 heavy (non-hydrogen) atoms. The fourth-order valence-corrected chi connectivity index (χ4v) is 4.18. The van der Waals surface area contributed by atoms with E-state index < -0.39 is 11.5 Å². The molecule has 3 N–H and O–H groups in total. The summed E-state index contributed by atoms with van der Waals surface area (Å²) in [6, 6.07) is 7.82. The van der Waals surface area contributed by atoms with Crippen molar-refractivity contribution in [1.29, 1.82) is 0 Å². The van der Waals surface area contributed by atoms with Gasteiger partial charge in [-0.05, 0) is 63.0 Å². The Labute approximate surface area is 149 Å². The molecule has 2 heterocycles. The summed E-state index contributed by atoms with van der Waals surface area (Å²) < 4.78 is 5.70. The Balaban J connectivity index is 1.74. The van der Waals surface area contributed by atoms with Crippen LogP contribution in [-0.4, -0.2) is 41.5 Å². The van der Waals surface area contributed by atoms with E-state index in [4.69, 9.17) is 9.84 Å². The number of amides is 1. The summed E-state index contributed by atoms with van der Waals surface area (Å²) >= 11 is 0. The summed E-state index contributed by atoms with van der Waals surface area (Å²) in [6.45, 7) is 0.852. The second-order valence-electron chi connectivity index (χ2n) is 7.27. The van der Waals surface area contributed by atoms with Crippen molar-refractivity contribution in [3.63, 3.8) is 0 Å². The molecule has 0 aromatic heterocycles. The van der Waals surface area contributed by atoms with Crippen LogP contribution >= 0.6 is 0 Å². The van der Waals surface area contributed by atoms with Crippen LogP contribution < -0.4 is 5.32 Å². The van der Waals surface area contributed by atoms with Crippen molar-refractivity contribution in [3.05, 3.63) is 29.8 Å². The Hall–Kier alpha value is -1.43. The first kappa shape index (κ1) is 18.4. The van der Waals surface area contributed by atoms with Crippen LogP contribution in [0.5, 0.6) is 0 Å². The molecule has 1 fully saturated rings. The molecule has 0 aliphatic carbocycles. The highest BCUT2D eigenvalue weighted by Crippen LogP contribution is 2.45. The monoisotopic (exact) mass is 347 g/mol. The van der Waals surface area contributed by atoms with Crippen LogP contribution in [0.25, 0.3) is 0 Å². The van der Waals surface area contributed by atoms with E-state index in [0.29, 0.717) is 32.3 Å². The van der Waals surface area contributed by atoms with Crippen molar-refractivity contribution in [2.45, 2.75) is 69.0 Å². The zero-order chi connectivity index (χ0) is 17.7. The van der Waals surface area contributed by atoms with Gasteiger partial charge in [0.2, 0.25) is 5.91 Å². The Kier molecular flexibility index (Phi) is 6.10. The first-order chi connectivity index (χ1) is 12.2. The maximum atomic E-state index is 12.8. The standard InChI is InChI=1S/C20H29NO4/c22-13-5-4-11-20(12-10-17(23)18-9-3-6-14-25-18)15-7-1-2-8-16(15)21-19(20)24/h1-2,7-8,17-18,22-23H,3-6,9-14H2,(H,21,24). The van der Waals surface area contributed by atoms with Gasteiger partial charge >= 0.3 is 0 Å². The summed E-state index contributed by atoms with van der Waals surface area (Å²) in [5.74, 6) is 0.0170. The number of benzene rings is 1. The highest BCUT2D eigenvalue weighted by atomic mass is 16.5. The molecule has 138 valence electrons. The number of unbranched alkanes of at least 4 members (excludes halogenated alkanes) is 1. The maximum absolute atomic E-state index is 12.8. The van der Waals surface area contributed by atoms with Crippen LogP contribution in [0.15, 0.2) is 24.3 Å². The van der Waals surface area contributed by atoms with Gasteiger partial charge in [0.1, 0.15) is 0 Å². The molecule has 0 bridgehead atoms. The van der Waals surface area contributed by atoms with Gasteiger partial charge in [0.25, 0.3) is 0 Å². The van der Waals surface area contributed by atoms with Crippen molar-refractivity contribution in [1.82, 2.24) is 0 Å². The van der Waals surface area contributed by atoms with Gasteiger partial charge in [0.05, 0.1) is 17.6 Å². The molecular weight excluding hydrogens is 318 g/mol. The Morgan fingerprint density at radius 1 is 1.24 bits per heavy atom. The number of anilines is 1. The third-order valence-electron chi connectivity index (χ3n) is 5.65. The zero-order valence-electron chi connectivity index (χ0n) is 14.7. The number of carbonyl (C=O) groups is 1. The predicted molar refractivity (Wildman–Crippen MR) is 96.5 cm³/mol. The number of ether oxygens (including phenoxy) is 1. The first-order valence-electron chi connectivity index (χ1n) is 9.49. The Bertz CT molecular complexity index is 585. The Morgan fingerprint density at radius 2 is 2.08 bits per heavy atom. The largest absolute Gasteiger partial charge is 0.396 e. The van der Waals surface area contributed by atoms with E-state index in [1.54, 1.807) is 0 Å². The molecule has 3 unspecified atom stereocenters. The summed E-state index contributed by atoms with van der Waals surface area (Å²) in [7, 11) is 0. The number of nitrogens with one attached hydrogen (secondary N) is 1. The summed E-state index contributed by atoms with van der Waals surface area (Å²) in [6.07, 6.45) is 5.71. The molecule has 3 rings (SSSR count). The van der Waals surface area contributed by atoms with Gasteiger partial charge in [0.15, 0.2) is 0 Å². The molecule has 5 nitrogen and oxygen atoms in total. The second kappa shape index (κ2) is 8.30. The topological polar surface area (TPSA) is 78.8 Å². The van der Waals surface area contributed by atoms with Gasteiger partial charge in [-0.2, -0.15) is 0 Å². The molecule has 1 aromatic rings. The molecule has 2 aliphatic heterocycles. The number of aliphatic hydroxyl groups is 2. The van der Waals surface area contributed by atoms with Crippen molar-refractivity contribution in [2.75, 3.05) is 18.5 Å². The molecule has 0 spiro atoms. The minimum absolute atomic E-state index is 0.0170. The lowest BCUT2D eigenvalue weighted by molar-refractivity contribution is -0.122. The minimum atomic E-state index is -0.610. The van der Waals surface area contributed by atoms with Gasteiger partial charge in [-0.15, -0.1) is 0 Å². The van der Waals surface area contributed by atoms with Crippen LogP contribution in [0.2, 0.25) is 0 Å². The minimum Gasteiger partial charge on any atom is -0.396 e. The third-order valence-corrected chi connectivity index (χ3v) is 5.65. The molecular formula is C20H29NO4. The SMILES string of the molecule is O=C1Nc2ccccc2C1(CCCCO)CCC(O)C1CCCCO1. The summed E-state index contributed by atoms with van der Waals surface area (Å²) in [5.41, 5.74) is 1.29. The lowest BCUT2D eigenvalue weighted by Gasteiger charge is -2.32. The highest BCUT2D eigenvalue weighted by molar-refractivity contribution is 6.06. The molecule has 1 saturated heterocycles. The molecule has 2 aliphatic rings. The van der Waals surface area contributed by atoms with Crippen LogP contribution in [0.3, 0.4) is 0 Å². The second-order valence-corrected chi connectivity index (χ2v) is 7.27. The third kappa shape index (κ3) is 3.89. The van der Waals surface area contributed by atoms with Gasteiger partial charge in [-0.1, -0.05) is 18.2 Å². The van der Waals surface area contributed by atoms with Crippen LogP contribution in [-0.2, 0) is 14.9 Å². The molecule has 5 heteroatoms. The number of carbonyl (C=O) groups excluding carboxylic acids is 1. The van der Waals surface area contributed by atoms with E-state index in [9.17, 15) is 9.90 Å². The van der Waals surface area contributed by atoms with Gasteiger partial charge < -0.3 is 20.3 Å². The van der Waals surface area contributed by atoms with E-state index in [1.807, 2.05) is 24.3 Å². The predicted octanol–water partition coefficient (Wildman–Crippen LogP) is 2.75. The van der Waals surface area contributed by atoms with Crippen molar-refractivity contribution >= 4 is 11.6 Å². The number of rotatable bonds is 8. The van der Waals surface area contributed by atoms with Crippen LogP contribution in [0.4, 0.5) is 5.69 Å². The average Bonchev–Trinajstić information content (AvgIpc) is 2.93. The summed E-state index contributed by atoms with van der Waals surface area (Å²) in [4.78, 5) is 12.8. The lowest BCUT2D eigenvalue weighted by Crippen LogP contribution is -2.38. The van der Waals surface area contributed by atoms with Crippen molar-refractivity contribution in [3.8, 4) is 0 Å². The van der Waals surface area contributed by atoms with E-state index in [1.165, 1.54) is 0 Å². The normalized spacial score (nSPS) is 27.0. The van der Waals surface area contributed by atoms with Crippen molar-refractivity contribution < 1.29 is 19.7 Å².